The van der Waals surface area contributed by atoms with Crippen molar-refractivity contribution < 1.29 is 9.71 Å². The highest BCUT2D eigenvalue weighted by Crippen LogP contribution is 2.18. The van der Waals surface area contributed by atoms with Crippen LogP contribution in [0.4, 0.5) is 4.39 Å². The number of quaternary nitrogens is 1. The van der Waals surface area contributed by atoms with Crippen LogP contribution < -0.4 is 5.32 Å². The minimum atomic E-state index is -0.152. The largest absolute Gasteiger partial charge is 0.342 e. The highest BCUT2D eigenvalue weighted by atomic mass is 19.1. The molecule has 1 aromatic rings. The van der Waals surface area contributed by atoms with Crippen LogP contribution in [-0.2, 0) is 6.54 Å². The molecule has 1 aliphatic carbocycles. The van der Waals surface area contributed by atoms with Crippen LogP contribution in [0.2, 0.25) is 0 Å². The Balaban J connectivity index is 1.66. The number of hydrogen-bond donors (Lipinski definition) is 1. The first-order chi connectivity index (χ1) is 8.34. The molecule has 1 aliphatic rings. The Kier molecular flexibility index (Phi) is 4.75. The minimum Gasteiger partial charge on any atom is -0.342 e. The lowest BCUT2D eigenvalue weighted by molar-refractivity contribution is -0.670. The van der Waals surface area contributed by atoms with Crippen LogP contribution in [0.25, 0.3) is 0 Å². The zero-order valence-electron chi connectivity index (χ0n) is 10.3. The first kappa shape index (κ1) is 12.3. The molecule has 2 N–H and O–H groups in total. The molecule has 0 unspecified atom stereocenters. The molecule has 0 heterocycles. The Morgan fingerprint density at radius 3 is 2.65 bits per heavy atom. The van der Waals surface area contributed by atoms with E-state index in [-0.39, 0.29) is 5.82 Å². The average molecular weight is 234 g/mol. The number of allylic oxidation sites excluding steroid dienone is 1. The van der Waals surface area contributed by atoms with E-state index in [0.717, 1.165) is 13.1 Å². The quantitative estimate of drug-likeness (QED) is 0.596. The summed E-state index contributed by atoms with van der Waals surface area (Å²) in [7, 11) is 0. The van der Waals surface area contributed by atoms with E-state index in [1.807, 2.05) is 12.1 Å². The minimum absolute atomic E-state index is 0.152. The Bertz CT molecular complexity index is 367. The summed E-state index contributed by atoms with van der Waals surface area (Å²) >= 11 is 0. The predicted octanol–water partition coefficient (Wildman–Crippen LogP) is 2.78. The van der Waals surface area contributed by atoms with Crippen molar-refractivity contribution in [2.24, 2.45) is 0 Å². The Labute approximate surface area is 103 Å². The maximum absolute atomic E-state index is 12.7. The van der Waals surface area contributed by atoms with Crippen molar-refractivity contribution >= 4 is 0 Å². The predicted molar refractivity (Wildman–Crippen MR) is 68.1 cm³/mol. The van der Waals surface area contributed by atoms with E-state index in [0.29, 0.717) is 0 Å². The molecule has 92 valence electrons. The molecule has 0 bridgehead atoms. The van der Waals surface area contributed by atoms with E-state index in [2.05, 4.69) is 11.4 Å². The first-order valence-electron chi connectivity index (χ1n) is 6.58. The lowest BCUT2D eigenvalue weighted by Gasteiger charge is -2.11. The van der Waals surface area contributed by atoms with Crippen molar-refractivity contribution in [1.82, 2.24) is 0 Å². The molecule has 0 atom stereocenters. The third-order valence-corrected chi connectivity index (χ3v) is 3.35. The van der Waals surface area contributed by atoms with Gasteiger partial charge in [0.2, 0.25) is 0 Å². The molecule has 0 aliphatic heterocycles. The van der Waals surface area contributed by atoms with Crippen LogP contribution in [0.3, 0.4) is 0 Å². The Hall–Kier alpha value is -1.15. The molecule has 0 amide bonds. The molecule has 0 aromatic heterocycles. The topological polar surface area (TPSA) is 16.6 Å². The molecule has 0 saturated heterocycles. The van der Waals surface area contributed by atoms with Gasteiger partial charge in [-0.1, -0.05) is 23.8 Å². The number of hydrogen-bond acceptors (Lipinski definition) is 0. The number of nitrogens with two attached hydrogens (primary N) is 1. The average Bonchev–Trinajstić information content (AvgIpc) is 2.38. The van der Waals surface area contributed by atoms with Crippen molar-refractivity contribution in [3.05, 3.63) is 47.3 Å². The standard InChI is InChI=1S/C15H20FN/c16-15-8-6-14(7-9-15)12-17-11-10-13-4-2-1-3-5-13/h4,6-9,17H,1-3,5,10-12H2/p+1. The van der Waals surface area contributed by atoms with Gasteiger partial charge in [-0.25, -0.2) is 4.39 Å². The molecule has 1 aromatic carbocycles. The molecule has 2 heteroatoms. The summed E-state index contributed by atoms with van der Waals surface area (Å²) in [4.78, 5) is 0. The molecule has 0 radical (unpaired) electrons. The van der Waals surface area contributed by atoms with Crippen LogP contribution in [-0.4, -0.2) is 6.54 Å². The molecule has 0 spiro atoms. The fourth-order valence-electron chi connectivity index (χ4n) is 2.31. The van der Waals surface area contributed by atoms with Crippen molar-refractivity contribution in [2.75, 3.05) is 6.54 Å². The molecular weight excluding hydrogens is 213 g/mol. The lowest BCUT2D eigenvalue weighted by Crippen LogP contribution is -2.82. The number of benzene rings is 1. The number of halogens is 1. The van der Waals surface area contributed by atoms with E-state index in [4.69, 9.17) is 0 Å². The SMILES string of the molecule is Fc1ccc(C[NH2+]CCC2=CCCCC2)cc1. The van der Waals surface area contributed by atoms with E-state index in [1.165, 1.54) is 49.8 Å². The molecule has 0 fully saturated rings. The molecule has 1 nitrogen and oxygen atoms in total. The van der Waals surface area contributed by atoms with Crippen molar-refractivity contribution in [2.45, 2.75) is 38.6 Å². The summed E-state index contributed by atoms with van der Waals surface area (Å²) in [5.74, 6) is -0.152. The van der Waals surface area contributed by atoms with E-state index in [1.54, 1.807) is 5.57 Å². The molecule has 2 rings (SSSR count). The molecule has 0 saturated carbocycles. The van der Waals surface area contributed by atoms with Crippen LogP contribution in [0.15, 0.2) is 35.9 Å². The van der Waals surface area contributed by atoms with E-state index < -0.39 is 0 Å². The zero-order chi connectivity index (χ0) is 11.9. The van der Waals surface area contributed by atoms with Gasteiger partial charge in [0.05, 0.1) is 6.54 Å². The summed E-state index contributed by atoms with van der Waals surface area (Å²) in [6.45, 7) is 2.09. The van der Waals surface area contributed by atoms with E-state index in [9.17, 15) is 4.39 Å². The Morgan fingerprint density at radius 1 is 1.12 bits per heavy atom. The van der Waals surface area contributed by atoms with Gasteiger partial charge < -0.3 is 5.32 Å². The van der Waals surface area contributed by atoms with Crippen LogP contribution in [0.5, 0.6) is 0 Å². The van der Waals surface area contributed by atoms with E-state index >= 15 is 0 Å². The summed E-state index contributed by atoms with van der Waals surface area (Å²) in [6.07, 6.45) is 8.92. The van der Waals surface area contributed by atoms with Gasteiger partial charge in [-0.15, -0.1) is 0 Å². The van der Waals surface area contributed by atoms with Gasteiger partial charge in [0.25, 0.3) is 0 Å². The van der Waals surface area contributed by atoms with Gasteiger partial charge in [-0.05, 0) is 37.8 Å². The van der Waals surface area contributed by atoms with Gasteiger partial charge in [-0.2, -0.15) is 0 Å². The van der Waals surface area contributed by atoms with Crippen LogP contribution in [0, 0.1) is 5.82 Å². The fraction of sp³-hybridized carbons (Fsp3) is 0.467. The highest BCUT2D eigenvalue weighted by molar-refractivity contribution is 5.14. The number of rotatable bonds is 5. The monoisotopic (exact) mass is 234 g/mol. The second-order valence-electron chi connectivity index (χ2n) is 4.77. The lowest BCUT2D eigenvalue weighted by atomic mass is 9.97. The molecular formula is C15H21FN+. The maximum Gasteiger partial charge on any atom is 0.123 e. The van der Waals surface area contributed by atoms with Crippen molar-refractivity contribution in [3.63, 3.8) is 0 Å². The maximum atomic E-state index is 12.7. The summed E-state index contributed by atoms with van der Waals surface area (Å²) < 4.78 is 12.7. The highest BCUT2D eigenvalue weighted by Gasteiger charge is 2.04. The van der Waals surface area contributed by atoms with Crippen molar-refractivity contribution in [3.8, 4) is 0 Å². The van der Waals surface area contributed by atoms with Crippen LogP contribution in [0.1, 0.15) is 37.7 Å². The van der Waals surface area contributed by atoms with Gasteiger partial charge in [0, 0.05) is 12.0 Å². The summed E-state index contributed by atoms with van der Waals surface area (Å²) in [5.41, 5.74) is 2.83. The Morgan fingerprint density at radius 2 is 1.94 bits per heavy atom. The second-order valence-corrected chi connectivity index (χ2v) is 4.77. The zero-order valence-corrected chi connectivity index (χ0v) is 10.3. The van der Waals surface area contributed by atoms with Crippen molar-refractivity contribution in [1.29, 1.82) is 0 Å². The molecule has 17 heavy (non-hydrogen) atoms. The van der Waals surface area contributed by atoms with Gasteiger partial charge >= 0.3 is 0 Å². The smallest absolute Gasteiger partial charge is 0.123 e. The first-order valence-corrected chi connectivity index (χ1v) is 6.58. The van der Waals surface area contributed by atoms with Gasteiger partial charge in [0.1, 0.15) is 12.4 Å². The van der Waals surface area contributed by atoms with Gasteiger partial charge in [-0.3, -0.25) is 0 Å². The summed E-state index contributed by atoms with van der Waals surface area (Å²) in [6, 6.07) is 6.80. The third kappa shape index (κ3) is 4.31. The second kappa shape index (κ2) is 6.55. The normalized spacial score (nSPS) is 15.7. The summed E-state index contributed by atoms with van der Waals surface area (Å²) in [5, 5.41) is 2.31. The van der Waals surface area contributed by atoms with Gasteiger partial charge in [0.15, 0.2) is 0 Å². The van der Waals surface area contributed by atoms with Crippen LogP contribution >= 0.6 is 0 Å². The third-order valence-electron chi connectivity index (χ3n) is 3.35. The fourth-order valence-corrected chi connectivity index (χ4v) is 2.31.